The first kappa shape index (κ1) is 18.4. The van der Waals surface area contributed by atoms with Crippen LogP contribution in [0.15, 0.2) is 91.0 Å². The lowest BCUT2D eigenvalue weighted by Gasteiger charge is -2.09. The number of anilines is 1. The van der Waals surface area contributed by atoms with Crippen LogP contribution in [0.5, 0.6) is 5.75 Å². The highest BCUT2D eigenvalue weighted by Gasteiger charge is 2.14. The van der Waals surface area contributed by atoms with Crippen molar-refractivity contribution in [1.82, 2.24) is 9.78 Å². The number of nitrogens with zero attached hydrogens (tertiary/aromatic N) is 2. The molecule has 0 saturated heterocycles. The fourth-order valence-corrected chi connectivity index (χ4v) is 2.84. The summed E-state index contributed by atoms with van der Waals surface area (Å²) in [6, 6.07) is 26.6. The average molecular weight is 387 g/mol. The van der Waals surface area contributed by atoms with Gasteiger partial charge in [-0.1, -0.05) is 48.5 Å². The fraction of sp³-hybridized carbons (Fsp3) is 0.0435. The minimum atomic E-state index is -0.359. The van der Waals surface area contributed by atoms with Gasteiger partial charge < -0.3 is 10.1 Å². The topological polar surface area (TPSA) is 56.1 Å². The van der Waals surface area contributed by atoms with E-state index in [4.69, 9.17) is 4.74 Å². The zero-order valence-corrected chi connectivity index (χ0v) is 15.5. The Hall–Kier alpha value is -3.93. The van der Waals surface area contributed by atoms with Crippen LogP contribution in [-0.4, -0.2) is 22.3 Å². The maximum absolute atomic E-state index is 13.0. The Labute approximate surface area is 167 Å². The normalized spacial score (nSPS) is 10.5. The Morgan fingerprint density at radius 3 is 2.28 bits per heavy atom. The fourth-order valence-electron chi connectivity index (χ4n) is 2.84. The molecule has 144 valence electrons. The quantitative estimate of drug-likeness (QED) is 0.522. The molecule has 1 amide bonds. The number of benzene rings is 3. The van der Waals surface area contributed by atoms with Gasteiger partial charge in [0.05, 0.1) is 11.4 Å². The molecule has 0 spiro atoms. The molecular formula is C23H18FN3O2. The maximum Gasteiger partial charge on any atom is 0.263 e. The van der Waals surface area contributed by atoms with E-state index < -0.39 is 0 Å². The molecule has 0 aliphatic carbocycles. The van der Waals surface area contributed by atoms with Crippen molar-refractivity contribution in [2.24, 2.45) is 0 Å². The molecule has 4 aromatic rings. The summed E-state index contributed by atoms with van der Waals surface area (Å²) in [5.74, 6) is 0.249. The molecule has 0 saturated carbocycles. The summed E-state index contributed by atoms with van der Waals surface area (Å²) < 4.78 is 20.1. The molecule has 0 bridgehead atoms. The third-order valence-corrected chi connectivity index (χ3v) is 4.23. The number of aromatic nitrogens is 2. The lowest BCUT2D eigenvalue weighted by molar-refractivity contribution is -0.118. The molecule has 1 aromatic heterocycles. The zero-order valence-electron chi connectivity index (χ0n) is 15.5. The standard InChI is InChI=1S/C23H18FN3O2/c24-18-11-13-20(14-12-18)29-16-23(28)25-22-15-21(17-7-3-1-4-8-17)26-27(22)19-9-5-2-6-10-19/h1-15H,16H2,(H,25,28). The second kappa shape index (κ2) is 8.39. The highest BCUT2D eigenvalue weighted by atomic mass is 19.1. The number of rotatable bonds is 6. The number of carbonyl (C=O) groups excluding carboxylic acids is 1. The molecule has 3 aromatic carbocycles. The summed E-state index contributed by atoms with van der Waals surface area (Å²) in [6.07, 6.45) is 0. The molecule has 6 heteroatoms. The number of para-hydroxylation sites is 1. The number of hydrogen-bond acceptors (Lipinski definition) is 3. The minimum Gasteiger partial charge on any atom is -0.484 e. The number of ether oxygens (including phenoxy) is 1. The van der Waals surface area contributed by atoms with Gasteiger partial charge in [0.25, 0.3) is 5.91 Å². The van der Waals surface area contributed by atoms with Crippen molar-refractivity contribution in [3.8, 4) is 22.7 Å². The Bertz CT molecular complexity index is 1090. The lowest BCUT2D eigenvalue weighted by Crippen LogP contribution is -2.21. The lowest BCUT2D eigenvalue weighted by atomic mass is 10.2. The van der Waals surface area contributed by atoms with Crippen LogP contribution in [0.25, 0.3) is 16.9 Å². The molecule has 0 fully saturated rings. The first-order chi connectivity index (χ1) is 14.2. The highest BCUT2D eigenvalue weighted by Crippen LogP contribution is 2.24. The van der Waals surface area contributed by atoms with Crippen LogP contribution in [0.2, 0.25) is 0 Å². The van der Waals surface area contributed by atoms with E-state index in [9.17, 15) is 9.18 Å². The van der Waals surface area contributed by atoms with Crippen molar-refractivity contribution in [3.63, 3.8) is 0 Å². The Morgan fingerprint density at radius 1 is 0.931 bits per heavy atom. The predicted octanol–water partition coefficient (Wildman–Crippen LogP) is 4.70. The number of amides is 1. The summed E-state index contributed by atoms with van der Waals surface area (Å²) >= 11 is 0. The molecule has 0 atom stereocenters. The minimum absolute atomic E-state index is 0.202. The molecule has 4 rings (SSSR count). The highest BCUT2D eigenvalue weighted by molar-refractivity contribution is 5.92. The molecular weight excluding hydrogens is 369 g/mol. The van der Waals surface area contributed by atoms with Gasteiger partial charge in [-0.05, 0) is 36.4 Å². The van der Waals surface area contributed by atoms with Crippen LogP contribution in [0.1, 0.15) is 0 Å². The molecule has 0 aliphatic heterocycles. The summed E-state index contributed by atoms with van der Waals surface area (Å²) in [7, 11) is 0. The molecule has 29 heavy (non-hydrogen) atoms. The van der Waals surface area contributed by atoms with Gasteiger partial charge >= 0.3 is 0 Å². The summed E-state index contributed by atoms with van der Waals surface area (Å²) in [5, 5.41) is 7.49. The second-order valence-corrected chi connectivity index (χ2v) is 6.32. The van der Waals surface area contributed by atoms with Crippen molar-refractivity contribution in [2.75, 3.05) is 11.9 Å². The summed E-state index contributed by atoms with van der Waals surface area (Å²) in [6.45, 7) is -0.202. The van der Waals surface area contributed by atoms with Crippen molar-refractivity contribution in [2.45, 2.75) is 0 Å². The van der Waals surface area contributed by atoms with Crippen molar-refractivity contribution >= 4 is 11.7 Å². The average Bonchev–Trinajstić information content (AvgIpc) is 3.18. The number of carbonyl (C=O) groups is 1. The largest absolute Gasteiger partial charge is 0.484 e. The van der Waals surface area contributed by atoms with Crippen molar-refractivity contribution < 1.29 is 13.9 Å². The number of halogens is 1. The van der Waals surface area contributed by atoms with Crippen LogP contribution >= 0.6 is 0 Å². The van der Waals surface area contributed by atoms with Crippen molar-refractivity contribution in [3.05, 3.63) is 96.8 Å². The van der Waals surface area contributed by atoms with Gasteiger partial charge in [-0.3, -0.25) is 4.79 Å². The van der Waals surface area contributed by atoms with Crippen LogP contribution in [0.3, 0.4) is 0 Å². The molecule has 0 radical (unpaired) electrons. The molecule has 5 nitrogen and oxygen atoms in total. The van der Waals surface area contributed by atoms with Gasteiger partial charge in [0.1, 0.15) is 17.4 Å². The third-order valence-electron chi connectivity index (χ3n) is 4.23. The van der Waals surface area contributed by atoms with Gasteiger partial charge in [0.15, 0.2) is 6.61 Å². The molecule has 1 heterocycles. The van der Waals surface area contributed by atoms with Crippen LogP contribution in [0.4, 0.5) is 10.2 Å². The van der Waals surface area contributed by atoms with Crippen molar-refractivity contribution in [1.29, 1.82) is 0 Å². The zero-order chi connectivity index (χ0) is 20.1. The van der Waals surface area contributed by atoms with Crippen LogP contribution in [-0.2, 0) is 4.79 Å². The monoisotopic (exact) mass is 387 g/mol. The van der Waals surface area contributed by atoms with E-state index in [2.05, 4.69) is 10.4 Å². The number of hydrogen-bond donors (Lipinski definition) is 1. The summed E-state index contributed by atoms with van der Waals surface area (Å²) in [4.78, 5) is 12.4. The number of nitrogens with one attached hydrogen (secondary N) is 1. The van der Waals surface area contributed by atoms with E-state index in [1.54, 1.807) is 4.68 Å². The molecule has 1 N–H and O–H groups in total. The van der Waals surface area contributed by atoms with Gasteiger partial charge in [-0.15, -0.1) is 0 Å². The van der Waals surface area contributed by atoms with Gasteiger partial charge in [-0.2, -0.15) is 5.10 Å². The second-order valence-electron chi connectivity index (χ2n) is 6.32. The SMILES string of the molecule is O=C(COc1ccc(F)cc1)Nc1cc(-c2ccccc2)nn1-c1ccccc1. The van der Waals surface area contributed by atoms with E-state index in [1.807, 2.05) is 66.7 Å². The van der Waals surface area contributed by atoms with Crippen LogP contribution in [0, 0.1) is 5.82 Å². The van der Waals surface area contributed by atoms with Gasteiger partial charge in [0.2, 0.25) is 0 Å². The van der Waals surface area contributed by atoms with E-state index >= 15 is 0 Å². The van der Waals surface area contributed by atoms with E-state index in [1.165, 1.54) is 24.3 Å². The predicted molar refractivity (Wildman–Crippen MR) is 110 cm³/mol. The Morgan fingerprint density at radius 2 is 1.59 bits per heavy atom. The van der Waals surface area contributed by atoms with E-state index in [-0.39, 0.29) is 18.3 Å². The van der Waals surface area contributed by atoms with Crippen LogP contribution < -0.4 is 10.1 Å². The van der Waals surface area contributed by atoms with Gasteiger partial charge in [-0.25, -0.2) is 9.07 Å². The van der Waals surface area contributed by atoms with Gasteiger partial charge in [0, 0.05) is 11.6 Å². The Kier molecular flexibility index (Phi) is 5.33. The maximum atomic E-state index is 13.0. The summed E-state index contributed by atoms with van der Waals surface area (Å²) in [5.41, 5.74) is 2.51. The van der Waals surface area contributed by atoms with E-state index in [0.717, 1.165) is 16.9 Å². The first-order valence-electron chi connectivity index (χ1n) is 9.08. The Balaban J connectivity index is 1.55. The molecule has 0 unspecified atom stereocenters. The van der Waals surface area contributed by atoms with E-state index in [0.29, 0.717) is 11.6 Å². The third kappa shape index (κ3) is 4.50. The smallest absolute Gasteiger partial charge is 0.263 e. The first-order valence-corrected chi connectivity index (χ1v) is 9.08. The molecule has 0 aliphatic rings.